The fraction of sp³-hybridized carbons (Fsp3) is 0.607. The van der Waals surface area contributed by atoms with Gasteiger partial charge in [0, 0.05) is 25.2 Å². The fourth-order valence-corrected chi connectivity index (χ4v) is 4.84. The molecule has 0 radical (unpaired) electrons. The Morgan fingerprint density at radius 1 is 0.976 bits per heavy atom. The van der Waals surface area contributed by atoms with Gasteiger partial charge < -0.3 is 25.0 Å². The second kappa shape index (κ2) is 14.0. The molecule has 1 aliphatic heterocycles. The molecule has 2 aliphatic rings. The van der Waals surface area contributed by atoms with Crippen molar-refractivity contribution in [3.63, 3.8) is 0 Å². The maximum absolute atomic E-state index is 14.0. The summed E-state index contributed by atoms with van der Waals surface area (Å²) in [7, 11) is 0. The molecule has 0 bridgehead atoms. The Balaban J connectivity index is 1.69. The molecule has 0 unspecified atom stereocenters. The third-order valence-corrected chi connectivity index (χ3v) is 6.89. The molecule has 1 aromatic carbocycles. The van der Waals surface area contributed by atoms with Crippen LogP contribution in [0.2, 0.25) is 0 Å². The van der Waals surface area contributed by atoms with Gasteiger partial charge in [0.25, 0.3) is 0 Å². The minimum absolute atomic E-state index is 0.0263. The molecule has 3 amide bonds. The molecular weight excluding hydrogens is 566 g/mol. The maximum atomic E-state index is 14.0. The van der Waals surface area contributed by atoms with Gasteiger partial charge in [-0.3, -0.25) is 24.0 Å². The lowest BCUT2D eigenvalue weighted by molar-refractivity contribution is -0.156. The number of nitrogens with zero attached hydrogens (tertiary/aromatic N) is 1. The van der Waals surface area contributed by atoms with Crippen LogP contribution in [0.25, 0.3) is 0 Å². The summed E-state index contributed by atoms with van der Waals surface area (Å²) >= 11 is 0. The molecule has 42 heavy (non-hydrogen) atoms. The zero-order chi connectivity index (χ0) is 31.2. The number of hydrogen-bond donors (Lipinski definition) is 2. The number of piperidine rings is 1. The highest BCUT2D eigenvalue weighted by molar-refractivity contribution is 6.35. The number of benzene rings is 1. The lowest BCUT2D eigenvalue weighted by atomic mass is 9.96. The average Bonchev–Trinajstić information content (AvgIpc) is 3.43. The number of halogens is 4. The first kappa shape index (κ1) is 32.8. The van der Waals surface area contributed by atoms with Crippen LogP contribution >= 0.6 is 0 Å². The van der Waals surface area contributed by atoms with Crippen molar-refractivity contribution in [2.45, 2.75) is 83.4 Å². The van der Waals surface area contributed by atoms with E-state index in [2.05, 4.69) is 10.6 Å². The highest BCUT2D eigenvalue weighted by Crippen LogP contribution is 2.27. The Morgan fingerprint density at radius 2 is 1.60 bits per heavy atom. The highest BCUT2D eigenvalue weighted by Gasteiger charge is 2.35. The van der Waals surface area contributed by atoms with E-state index in [9.17, 15) is 41.5 Å². The van der Waals surface area contributed by atoms with Crippen LogP contribution in [0.5, 0.6) is 5.75 Å². The molecule has 1 saturated carbocycles. The van der Waals surface area contributed by atoms with Gasteiger partial charge in [-0.25, -0.2) is 8.78 Å². The number of carbonyl (C=O) groups excluding carboxylic acids is 5. The van der Waals surface area contributed by atoms with Crippen LogP contribution in [-0.4, -0.2) is 71.8 Å². The number of carbonyl (C=O) groups is 5. The van der Waals surface area contributed by atoms with Crippen molar-refractivity contribution in [3.05, 3.63) is 29.3 Å². The zero-order valence-corrected chi connectivity index (χ0v) is 23.7. The normalized spacial score (nSPS) is 18.3. The molecule has 14 heteroatoms. The molecule has 10 nitrogen and oxygen atoms in total. The van der Waals surface area contributed by atoms with Gasteiger partial charge in [0.2, 0.25) is 17.5 Å². The molecule has 232 valence electrons. The van der Waals surface area contributed by atoms with Crippen LogP contribution in [0.4, 0.5) is 17.6 Å². The van der Waals surface area contributed by atoms with Crippen molar-refractivity contribution in [2.75, 3.05) is 19.7 Å². The van der Waals surface area contributed by atoms with Gasteiger partial charge in [0.15, 0.2) is 23.2 Å². The first-order valence-corrected chi connectivity index (χ1v) is 13.8. The van der Waals surface area contributed by atoms with Crippen LogP contribution in [0, 0.1) is 29.2 Å². The van der Waals surface area contributed by atoms with Gasteiger partial charge in [-0.05, 0) is 46.5 Å². The standard InChI is InChI=1S/C28H35F4N3O7/c1-28(2,3)42-21(37)12-19(20(36)14-41-24-22(31)17(29)11-18(30)23(24)32)34-25(38)15-7-6-10-35(13-15)27(40)26(39)33-16-8-4-5-9-16/h11,15-16,19H,4-10,12-14H2,1-3H3,(H,33,39)(H,34,38)/t15-,19+/m1/s1. The first-order valence-electron chi connectivity index (χ1n) is 13.8. The predicted molar refractivity (Wildman–Crippen MR) is 139 cm³/mol. The number of likely N-dealkylation sites (tertiary alicyclic amines) is 1. The Bertz CT molecular complexity index is 1190. The number of ketones is 1. The Kier molecular flexibility index (Phi) is 10.9. The molecule has 1 saturated heterocycles. The number of Topliss-reactive ketones (excluding diaryl/α,β-unsaturated/α-hetero) is 1. The van der Waals surface area contributed by atoms with E-state index in [-0.39, 0.29) is 25.2 Å². The van der Waals surface area contributed by atoms with Crippen LogP contribution in [0.1, 0.15) is 65.7 Å². The van der Waals surface area contributed by atoms with Crippen LogP contribution in [0.3, 0.4) is 0 Å². The van der Waals surface area contributed by atoms with E-state index in [1.165, 1.54) is 4.90 Å². The van der Waals surface area contributed by atoms with Gasteiger partial charge in [0.05, 0.1) is 12.3 Å². The van der Waals surface area contributed by atoms with Crippen molar-refractivity contribution in [3.8, 4) is 5.75 Å². The summed E-state index contributed by atoms with van der Waals surface area (Å²) in [5.74, 6) is -13.7. The van der Waals surface area contributed by atoms with E-state index in [1.54, 1.807) is 20.8 Å². The lowest BCUT2D eigenvalue weighted by Gasteiger charge is -2.32. The van der Waals surface area contributed by atoms with Gasteiger partial charge >= 0.3 is 17.8 Å². The molecule has 3 rings (SSSR count). The van der Waals surface area contributed by atoms with E-state index >= 15 is 0 Å². The second-order valence-electron chi connectivity index (χ2n) is 11.4. The highest BCUT2D eigenvalue weighted by atomic mass is 19.2. The van der Waals surface area contributed by atoms with Gasteiger partial charge in [0.1, 0.15) is 18.2 Å². The number of hydrogen-bond acceptors (Lipinski definition) is 7. The van der Waals surface area contributed by atoms with Crippen molar-refractivity contribution in [1.82, 2.24) is 15.5 Å². The number of amides is 3. The molecule has 0 spiro atoms. The molecular formula is C28H35F4N3O7. The topological polar surface area (TPSA) is 131 Å². The SMILES string of the molecule is CC(C)(C)OC(=O)C[C@H](NC(=O)[C@@H]1CCCN(C(=O)C(=O)NC2CCCC2)C1)C(=O)COc1c(F)c(F)cc(F)c1F. The van der Waals surface area contributed by atoms with Crippen LogP contribution in [0.15, 0.2) is 6.07 Å². The molecule has 2 fully saturated rings. The largest absolute Gasteiger partial charge is 0.479 e. The van der Waals surface area contributed by atoms with Crippen molar-refractivity contribution >= 4 is 29.5 Å². The van der Waals surface area contributed by atoms with E-state index < -0.39 is 89.1 Å². The molecule has 0 aromatic heterocycles. The van der Waals surface area contributed by atoms with Crippen molar-refractivity contribution in [1.29, 1.82) is 0 Å². The number of esters is 1. The van der Waals surface area contributed by atoms with Gasteiger partial charge in [-0.1, -0.05) is 12.8 Å². The van der Waals surface area contributed by atoms with Crippen molar-refractivity contribution < 1.29 is 51.0 Å². The molecule has 1 heterocycles. The zero-order valence-electron chi connectivity index (χ0n) is 23.7. The smallest absolute Gasteiger partial charge is 0.311 e. The number of rotatable bonds is 9. The summed E-state index contributed by atoms with van der Waals surface area (Å²) in [6.07, 6.45) is 3.50. The van der Waals surface area contributed by atoms with Crippen molar-refractivity contribution in [2.24, 2.45) is 5.92 Å². The molecule has 2 N–H and O–H groups in total. The van der Waals surface area contributed by atoms with Gasteiger partial charge in [-0.2, -0.15) is 8.78 Å². The minimum Gasteiger partial charge on any atom is -0.479 e. The minimum atomic E-state index is -1.86. The summed E-state index contributed by atoms with van der Waals surface area (Å²) in [5, 5.41) is 5.10. The van der Waals surface area contributed by atoms with Crippen LogP contribution < -0.4 is 15.4 Å². The van der Waals surface area contributed by atoms with E-state index in [0.29, 0.717) is 12.8 Å². The summed E-state index contributed by atoms with van der Waals surface area (Å²) in [5.41, 5.74) is -0.945. The Hall–Kier alpha value is -3.71. The molecule has 1 aliphatic carbocycles. The van der Waals surface area contributed by atoms with E-state index in [1.807, 2.05) is 0 Å². The lowest BCUT2D eigenvalue weighted by Crippen LogP contribution is -2.53. The Morgan fingerprint density at radius 3 is 2.19 bits per heavy atom. The summed E-state index contributed by atoms with van der Waals surface area (Å²) in [6.45, 7) is 3.70. The fourth-order valence-electron chi connectivity index (χ4n) is 4.84. The van der Waals surface area contributed by atoms with Crippen LogP contribution in [-0.2, 0) is 28.7 Å². The third-order valence-electron chi connectivity index (χ3n) is 6.89. The summed E-state index contributed by atoms with van der Waals surface area (Å²) < 4.78 is 65.0. The third kappa shape index (κ3) is 8.89. The Labute approximate surface area is 240 Å². The summed E-state index contributed by atoms with van der Waals surface area (Å²) in [6, 6.07) is -1.70. The number of nitrogens with one attached hydrogen (secondary N) is 2. The predicted octanol–water partition coefficient (Wildman–Crippen LogP) is 2.70. The molecule has 2 atom stereocenters. The second-order valence-corrected chi connectivity index (χ2v) is 11.4. The summed E-state index contributed by atoms with van der Waals surface area (Å²) in [4.78, 5) is 65.0. The quantitative estimate of drug-likeness (QED) is 0.193. The van der Waals surface area contributed by atoms with Gasteiger partial charge in [-0.15, -0.1) is 0 Å². The number of ether oxygens (including phenoxy) is 2. The van der Waals surface area contributed by atoms with E-state index in [0.717, 1.165) is 25.7 Å². The van der Waals surface area contributed by atoms with E-state index in [4.69, 9.17) is 9.47 Å². The maximum Gasteiger partial charge on any atom is 0.311 e. The average molecular weight is 602 g/mol. The first-order chi connectivity index (χ1) is 19.7. The monoisotopic (exact) mass is 601 g/mol. The molecule has 1 aromatic rings.